The van der Waals surface area contributed by atoms with E-state index in [4.69, 9.17) is 0 Å². The van der Waals surface area contributed by atoms with Crippen molar-refractivity contribution in [2.24, 2.45) is 0 Å². The van der Waals surface area contributed by atoms with Gasteiger partial charge < -0.3 is 16.5 Å². The van der Waals surface area contributed by atoms with E-state index < -0.39 is 0 Å². The fourth-order valence-electron chi connectivity index (χ4n) is 0.100. The summed E-state index contributed by atoms with van der Waals surface area (Å²) in [5.74, 6) is 0. The molecule has 0 radical (unpaired) electrons. The van der Waals surface area contributed by atoms with Crippen LogP contribution in [-0.2, 0) is 21.1 Å². The van der Waals surface area contributed by atoms with E-state index >= 15 is 0 Å². The maximum absolute atomic E-state index is 3.38. The Morgan fingerprint density at radius 2 is 1.29 bits per heavy atom. The molecule has 0 atom stereocenters. The average Bonchev–Trinajstić information content (AvgIpc) is 2.22. The van der Waals surface area contributed by atoms with Crippen molar-refractivity contribution in [2.75, 3.05) is 14.1 Å². The van der Waals surface area contributed by atoms with Gasteiger partial charge in [-0.25, -0.2) is 0 Å². The largest absolute Gasteiger partial charge is 2.00 e. The first-order valence-electron chi connectivity index (χ1n) is 5.04. The second-order valence-electron chi connectivity index (χ2n) is 1.37. The van der Waals surface area contributed by atoms with Gasteiger partial charge in [0.15, 0.2) is 0 Å². The number of nitrogens with zero attached hydrogens (tertiary/aromatic N) is 2. The Bertz CT molecular complexity index is 36.0. The van der Waals surface area contributed by atoms with E-state index in [1.807, 2.05) is 27.7 Å². The number of hydrogen-bond acceptors (Lipinski definition) is 2. The Labute approximate surface area is 105 Å². The quantitative estimate of drug-likeness (QED) is 0.586. The van der Waals surface area contributed by atoms with E-state index in [-0.39, 0.29) is 21.1 Å². The molecule has 0 aliphatic rings. The second kappa shape index (κ2) is 69.5. The third-order valence-corrected chi connectivity index (χ3v) is 0.262. The first kappa shape index (κ1) is 29.3. The summed E-state index contributed by atoms with van der Waals surface area (Å²) in [6.45, 7) is 12.2. The van der Waals surface area contributed by atoms with Crippen molar-refractivity contribution in [2.45, 2.75) is 48.0 Å². The zero-order valence-electron chi connectivity index (χ0n) is 11.0. The Morgan fingerprint density at radius 1 is 1.00 bits per heavy atom. The van der Waals surface area contributed by atoms with Crippen molar-refractivity contribution in [1.82, 2.24) is 11.0 Å². The molecular formula is C9H28N4W. The Balaban J connectivity index is -0.0000000292. The zero-order valence-corrected chi connectivity index (χ0v) is 13.9. The summed E-state index contributed by atoms with van der Waals surface area (Å²) in [4.78, 5) is 0. The molecule has 0 aromatic rings. The topological polar surface area (TPSA) is 52.3 Å². The minimum Gasteiger partial charge on any atom is -0.798 e. The molecule has 0 rings (SSSR count). The number of nitrogens with one attached hydrogen (secondary N) is 2. The van der Waals surface area contributed by atoms with Crippen molar-refractivity contribution in [3.8, 4) is 0 Å². The van der Waals surface area contributed by atoms with Crippen LogP contribution in [0.2, 0.25) is 0 Å². The molecule has 0 amide bonds. The molecule has 0 fully saturated rings. The summed E-state index contributed by atoms with van der Waals surface area (Å²) < 4.78 is 0. The summed E-state index contributed by atoms with van der Waals surface area (Å²) in [6.07, 6.45) is 1.25. The number of rotatable bonds is 3. The smallest absolute Gasteiger partial charge is 0.798 e. The maximum Gasteiger partial charge on any atom is 2.00 e. The molecule has 0 unspecified atom stereocenters. The van der Waals surface area contributed by atoms with Gasteiger partial charge in [0.05, 0.1) is 0 Å². The molecule has 0 heterocycles. The molecular weight excluding hydrogens is 348 g/mol. The second-order valence-corrected chi connectivity index (χ2v) is 1.37. The molecule has 0 aromatic carbocycles. The van der Waals surface area contributed by atoms with Crippen LogP contribution in [0, 0.1) is 0 Å². The Kier molecular flexibility index (Phi) is 145. The van der Waals surface area contributed by atoms with Gasteiger partial charge in [0.1, 0.15) is 0 Å². The molecule has 0 saturated carbocycles. The fraction of sp³-hybridized carbons (Fsp3) is 1.00. The van der Waals surface area contributed by atoms with Crippen LogP contribution >= 0.6 is 0 Å². The van der Waals surface area contributed by atoms with Gasteiger partial charge in [-0.05, 0) is 7.05 Å². The van der Waals surface area contributed by atoms with Crippen molar-refractivity contribution >= 4 is 0 Å². The predicted molar refractivity (Wildman–Crippen MR) is 63.5 cm³/mol. The molecule has 0 aliphatic carbocycles. The van der Waals surface area contributed by atoms with Gasteiger partial charge in [0, 0.05) is 0 Å². The standard InChI is InChI=1S/C3H8.C2H8N4.2C2H6.W/c1-3-2;1-3-5-6-4-2;2*1-2;/h3H2,1-2H3;3,5H,1-2H3;2*1-2H3;/q;-2;;;+2. The van der Waals surface area contributed by atoms with Crippen molar-refractivity contribution in [3.63, 3.8) is 0 Å². The molecule has 0 aromatic heterocycles. The first-order chi connectivity index (χ1) is 6.33. The van der Waals surface area contributed by atoms with Crippen LogP contribution in [0.3, 0.4) is 0 Å². The fourth-order valence-corrected chi connectivity index (χ4v) is 0.100. The molecule has 0 saturated heterocycles. The molecule has 5 heteroatoms. The Hall–Kier alpha value is 0.528. The summed E-state index contributed by atoms with van der Waals surface area (Å²) in [7, 11) is 3.30. The normalized spacial score (nSPS) is 6.00. The predicted octanol–water partition coefficient (Wildman–Crippen LogP) is 3.38. The van der Waals surface area contributed by atoms with Crippen LogP contribution in [0.4, 0.5) is 0 Å². The van der Waals surface area contributed by atoms with Gasteiger partial charge in [0.25, 0.3) is 0 Å². The van der Waals surface area contributed by atoms with Crippen molar-refractivity contribution < 1.29 is 21.1 Å². The van der Waals surface area contributed by atoms with Crippen LogP contribution in [0.25, 0.3) is 11.0 Å². The summed E-state index contributed by atoms with van der Waals surface area (Å²) in [5.41, 5.74) is 11.7. The molecule has 0 aliphatic heterocycles. The molecule has 2 N–H and O–H groups in total. The van der Waals surface area contributed by atoms with E-state index in [1.165, 1.54) is 6.42 Å². The van der Waals surface area contributed by atoms with E-state index in [0.717, 1.165) is 0 Å². The maximum atomic E-state index is 3.38. The third kappa shape index (κ3) is 134. The molecule has 4 nitrogen and oxygen atoms in total. The molecule has 0 bridgehead atoms. The van der Waals surface area contributed by atoms with E-state index in [1.54, 1.807) is 14.1 Å². The summed E-state index contributed by atoms with van der Waals surface area (Å²) in [6, 6.07) is 0. The first-order valence-corrected chi connectivity index (χ1v) is 5.04. The summed E-state index contributed by atoms with van der Waals surface area (Å²) in [5, 5.41) is 0. The van der Waals surface area contributed by atoms with Gasteiger partial charge in [-0.3, -0.25) is 5.43 Å². The average molecular weight is 376 g/mol. The van der Waals surface area contributed by atoms with Crippen molar-refractivity contribution in [3.05, 3.63) is 11.0 Å². The van der Waals surface area contributed by atoms with Crippen LogP contribution in [0.1, 0.15) is 48.0 Å². The van der Waals surface area contributed by atoms with Gasteiger partial charge in [-0.2, -0.15) is 7.05 Å². The van der Waals surface area contributed by atoms with Crippen molar-refractivity contribution in [1.29, 1.82) is 0 Å². The van der Waals surface area contributed by atoms with Gasteiger partial charge in [-0.15, -0.1) is 0 Å². The van der Waals surface area contributed by atoms with Gasteiger partial charge in [-0.1, -0.05) is 48.0 Å². The van der Waals surface area contributed by atoms with E-state index in [9.17, 15) is 0 Å². The van der Waals surface area contributed by atoms with Gasteiger partial charge >= 0.3 is 21.1 Å². The minimum absolute atomic E-state index is 0. The number of hydrazine groups is 1. The van der Waals surface area contributed by atoms with Crippen LogP contribution in [-0.4, -0.2) is 14.1 Å². The minimum atomic E-state index is 0. The number of hydrogen-bond donors (Lipinski definition) is 2. The summed E-state index contributed by atoms with van der Waals surface area (Å²) >= 11 is 0. The van der Waals surface area contributed by atoms with E-state index in [2.05, 4.69) is 35.8 Å². The SMILES string of the molecule is CC.CC.CCC.C[N-][N-]NNC.[W+2]. The van der Waals surface area contributed by atoms with Crippen LogP contribution in [0.5, 0.6) is 0 Å². The molecule has 0 spiro atoms. The van der Waals surface area contributed by atoms with Crippen LogP contribution in [0.15, 0.2) is 0 Å². The molecule has 90 valence electrons. The van der Waals surface area contributed by atoms with E-state index in [0.29, 0.717) is 0 Å². The Morgan fingerprint density at radius 3 is 1.36 bits per heavy atom. The van der Waals surface area contributed by atoms with Gasteiger partial charge in [0.2, 0.25) is 0 Å². The van der Waals surface area contributed by atoms with Crippen LogP contribution < -0.4 is 11.0 Å². The monoisotopic (exact) mass is 376 g/mol. The molecule has 14 heavy (non-hydrogen) atoms. The third-order valence-electron chi connectivity index (χ3n) is 0.262. The zero-order chi connectivity index (χ0) is 11.5.